The quantitative estimate of drug-likeness (QED) is 0.772. The van der Waals surface area contributed by atoms with Crippen molar-refractivity contribution in [1.29, 1.82) is 0 Å². The van der Waals surface area contributed by atoms with Gasteiger partial charge >= 0.3 is 0 Å². The van der Waals surface area contributed by atoms with Crippen LogP contribution in [0.25, 0.3) is 0 Å². The fourth-order valence-electron chi connectivity index (χ4n) is 1.67. The maximum absolute atomic E-state index is 11.8. The molecule has 0 atom stereocenters. The van der Waals surface area contributed by atoms with Crippen LogP contribution in [-0.4, -0.2) is 42.0 Å². The van der Waals surface area contributed by atoms with Gasteiger partial charge in [-0.25, -0.2) is 0 Å². The lowest BCUT2D eigenvalue weighted by molar-refractivity contribution is -0.132. The molecule has 0 bridgehead atoms. The number of carbonyl (C=O) groups is 1. The van der Waals surface area contributed by atoms with E-state index in [0.717, 1.165) is 18.8 Å². The monoisotopic (exact) mass is 265 g/mol. The van der Waals surface area contributed by atoms with Crippen molar-refractivity contribution in [3.63, 3.8) is 0 Å². The summed E-state index contributed by atoms with van der Waals surface area (Å²) < 4.78 is 5.44. The maximum Gasteiger partial charge on any atom is 0.260 e. The van der Waals surface area contributed by atoms with E-state index in [0.29, 0.717) is 18.8 Å². The number of pyridine rings is 1. The summed E-state index contributed by atoms with van der Waals surface area (Å²) in [6.45, 7) is 9.10. The lowest BCUT2D eigenvalue weighted by atomic mass is 10.3. The summed E-state index contributed by atoms with van der Waals surface area (Å²) in [7, 11) is 0. The first-order valence-electron chi connectivity index (χ1n) is 6.77. The predicted molar refractivity (Wildman–Crippen MR) is 75.0 cm³/mol. The molecule has 0 fully saturated rings. The van der Waals surface area contributed by atoms with Crippen molar-refractivity contribution in [2.75, 3.05) is 26.2 Å². The topological polar surface area (TPSA) is 54.5 Å². The van der Waals surface area contributed by atoms with Crippen LogP contribution in [0, 0.1) is 0 Å². The minimum Gasteiger partial charge on any atom is -0.482 e. The summed E-state index contributed by atoms with van der Waals surface area (Å²) in [5, 5.41) is 3.20. The molecule has 0 aromatic carbocycles. The summed E-state index contributed by atoms with van der Waals surface area (Å²) in [4.78, 5) is 17.8. The van der Waals surface area contributed by atoms with E-state index < -0.39 is 0 Å². The molecular formula is C14H23N3O2. The van der Waals surface area contributed by atoms with Crippen LogP contribution in [0.3, 0.4) is 0 Å². The second-order valence-corrected chi connectivity index (χ2v) is 4.12. The minimum absolute atomic E-state index is 0.00160. The van der Waals surface area contributed by atoms with Gasteiger partial charge in [0.1, 0.15) is 5.75 Å². The highest BCUT2D eigenvalue weighted by Crippen LogP contribution is 2.09. The Bertz CT molecular complexity index is 375. The van der Waals surface area contributed by atoms with E-state index in [1.807, 2.05) is 26.0 Å². The normalized spacial score (nSPS) is 10.3. The smallest absolute Gasteiger partial charge is 0.260 e. The lowest BCUT2D eigenvalue weighted by Crippen LogP contribution is -2.34. The second-order valence-electron chi connectivity index (χ2n) is 4.12. The molecule has 0 spiro atoms. The Kier molecular flexibility index (Phi) is 6.89. The Labute approximate surface area is 115 Å². The number of likely N-dealkylation sites (N-methyl/N-ethyl adjacent to an activating group) is 1. The Hall–Kier alpha value is -1.62. The number of hydrogen-bond acceptors (Lipinski definition) is 4. The van der Waals surface area contributed by atoms with E-state index in [9.17, 15) is 4.79 Å². The summed E-state index contributed by atoms with van der Waals surface area (Å²) in [6, 6.07) is 3.75. The Morgan fingerprint density at radius 2 is 2.05 bits per heavy atom. The molecule has 0 aliphatic heterocycles. The molecule has 0 saturated heterocycles. The number of aromatic nitrogens is 1. The summed E-state index contributed by atoms with van der Waals surface area (Å²) in [5.74, 6) is 0.627. The van der Waals surface area contributed by atoms with Gasteiger partial charge in [-0.05, 0) is 32.5 Å². The zero-order chi connectivity index (χ0) is 14.1. The highest BCUT2D eigenvalue weighted by Gasteiger charge is 2.10. The summed E-state index contributed by atoms with van der Waals surface area (Å²) >= 11 is 0. The van der Waals surface area contributed by atoms with Gasteiger partial charge in [-0.1, -0.05) is 6.92 Å². The van der Waals surface area contributed by atoms with Crippen molar-refractivity contribution >= 4 is 5.91 Å². The number of hydrogen-bond donors (Lipinski definition) is 1. The molecule has 0 unspecified atom stereocenters. The number of nitrogens with zero attached hydrogens (tertiary/aromatic N) is 2. The van der Waals surface area contributed by atoms with Gasteiger partial charge in [0.15, 0.2) is 6.61 Å². The van der Waals surface area contributed by atoms with Crippen LogP contribution >= 0.6 is 0 Å². The third kappa shape index (κ3) is 5.26. The summed E-state index contributed by atoms with van der Waals surface area (Å²) in [6.07, 6.45) is 1.65. The molecule has 19 heavy (non-hydrogen) atoms. The van der Waals surface area contributed by atoms with Gasteiger partial charge in [0.25, 0.3) is 5.91 Å². The van der Waals surface area contributed by atoms with Crippen LogP contribution in [0.2, 0.25) is 0 Å². The van der Waals surface area contributed by atoms with Crippen LogP contribution in [-0.2, 0) is 11.3 Å². The van der Waals surface area contributed by atoms with Crippen LogP contribution in [0.4, 0.5) is 0 Å². The van der Waals surface area contributed by atoms with Gasteiger partial charge in [-0.15, -0.1) is 0 Å². The first-order chi connectivity index (χ1) is 9.21. The average Bonchev–Trinajstić information content (AvgIpc) is 2.45. The lowest BCUT2D eigenvalue weighted by Gasteiger charge is -2.18. The fourth-order valence-corrected chi connectivity index (χ4v) is 1.67. The molecule has 1 N–H and O–H groups in total. The first-order valence-corrected chi connectivity index (χ1v) is 6.77. The highest BCUT2D eigenvalue weighted by molar-refractivity contribution is 5.77. The Balaban J connectivity index is 2.43. The Morgan fingerprint density at radius 1 is 1.32 bits per heavy atom. The molecule has 5 nitrogen and oxygen atoms in total. The number of rotatable bonds is 8. The van der Waals surface area contributed by atoms with Crippen molar-refractivity contribution in [2.24, 2.45) is 0 Å². The number of amides is 1. The van der Waals surface area contributed by atoms with Crippen LogP contribution in [0.5, 0.6) is 5.75 Å². The average molecular weight is 265 g/mol. The number of nitrogens with one attached hydrogen (secondary N) is 1. The van der Waals surface area contributed by atoms with Crippen LogP contribution in [0.15, 0.2) is 18.3 Å². The largest absolute Gasteiger partial charge is 0.482 e. The molecule has 0 radical (unpaired) electrons. The zero-order valence-electron chi connectivity index (χ0n) is 12.0. The predicted octanol–water partition coefficient (Wildman–Crippen LogP) is 1.44. The number of carbonyl (C=O) groups excluding carboxylic acids is 1. The molecule has 1 heterocycles. The van der Waals surface area contributed by atoms with E-state index in [4.69, 9.17) is 4.74 Å². The van der Waals surface area contributed by atoms with E-state index in [1.54, 1.807) is 11.1 Å². The highest BCUT2D eigenvalue weighted by atomic mass is 16.5. The van der Waals surface area contributed by atoms with E-state index >= 15 is 0 Å². The molecule has 1 amide bonds. The van der Waals surface area contributed by atoms with E-state index in [1.165, 1.54) is 0 Å². The second kappa shape index (κ2) is 8.48. The van der Waals surface area contributed by atoms with Gasteiger partial charge in [0, 0.05) is 19.6 Å². The van der Waals surface area contributed by atoms with Gasteiger partial charge in [-0.3, -0.25) is 9.78 Å². The number of ether oxygens (including phenoxy) is 1. The first kappa shape index (κ1) is 15.4. The van der Waals surface area contributed by atoms with Gasteiger partial charge in [0.2, 0.25) is 0 Å². The van der Waals surface area contributed by atoms with E-state index in [-0.39, 0.29) is 12.5 Å². The molecule has 0 saturated carbocycles. The molecule has 1 aromatic rings. The van der Waals surface area contributed by atoms with Crippen LogP contribution in [0.1, 0.15) is 26.5 Å². The van der Waals surface area contributed by atoms with Crippen LogP contribution < -0.4 is 10.1 Å². The third-order valence-corrected chi connectivity index (χ3v) is 2.83. The summed E-state index contributed by atoms with van der Waals surface area (Å²) in [5.41, 5.74) is 0.962. The fraction of sp³-hybridized carbons (Fsp3) is 0.571. The molecule has 0 aliphatic carbocycles. The van der Waals surface area contributed by atoms with Crippen molar-refractivity contribution < 1.29 is 9.53 Å². The SMILES string of the molecule is CCNCc1ccc(OCC(=O)N(CC)CC)cn1. The minimum atomic E-state index is 0.00160. The maximum atomic E-state index is 11.8. The third-order valence-electron chi connectivity index (χ3n) is 2.83. The Morgan fingerprint density at radius 3 is 2.58 bits per heavy atom. The van der Waals surface area contributed by atoms with Crippen molar-refractivity contribution in [3.8, 4) is 5.75 Å². The molecule has 106 valence electrons. The van der Waals surface area contributed by atoms with Crippen molar-refractivity contribution in [1.82, 2.24) is 15.2 Å². The molecular weight excluding hydrogens is 242 g/mol. The zero-order valence-corrected chi connectivity index (χ0v) is 12.0. The molecule has 1 aromatic heterocycles. The van der Waals surface area contributed by atoms with E-state index in [2.05, 4.69) is 17.2 Å². The molecule has 1 rings (SSSR count). The van der Waals surface area contributed by atoms with Gasteiger partial charge < -0.3 is 15.0 Å². The standard InChI is InChI=1S/C14H23N3O2/c1-4-15-9-12-7-8-13(10-16-12)19-11-14(18)17(5-2)6-3/h7-8,10,15H,4-6,9,11H2,1-3H3. The molecule has 0 aliphatic rings. The van der Waals surface area contributed by atoms with Gasteiger partial charge in [-0.2, -0.15) is 0 Å². The van der Waals surface area contributed by atoms with Crippen molar-refractivity contribution in [3.05, 3.63) is 24.0 Å². The van der Waals surface area contributed by atoms with Gasteiger partial charge in [0.05, 0.1) is 11.9 Å². The molecule has 5 heteroatoms. The van der Waals surface area contributed by atoms with Crippen molar-refractivity contribution in [2.45, 2.75) is 27.3 Å².